The van der Waals surface area contributed by atoms with Gasteiger partial charge in [-0.25, -0.2) is 0 Å². The smallest absolute Gasteiger partial charge is 0.275 e. The molecule has 0 spiro atoms. The third kappa shape index (κ3) is 3.02. The highest BCUT2D eigenvalue weighted by Gasteiger charge is 2.22. The maximum Gasteiger partial charge on any atom is 0.275 e. The lowest BCUT2D eigenvalue weighted by atomic mass is 10.2. The summed E-state index contributed by atoms with van der Waals surface area (Å²) in [5.74, 6) is -0.103. The normalized spacial score (nSPS) is 11.0. The van der Waals surface area contributed by atoms with Crippen LogP contribution in [0.5, 0.6) is 0 Å². The van der Waals surface area contributed by atoms with E-state index in [1.165, 1.54) is 0 Å². The fourth-order valence-electron chi connectivity index (χ4n) is 2.10. The van der Waals surface area contributed by atoms with E-state index >= 15 is 0 Å². The summed E-state index contributed by atoms with van der Waals surface area (Å²) < 4.78 is 4.33. The minimum atomic E-state index is -0.103. The minimum Gasteiger partial charge on any atom is -0.336 e. The molecule has 0 aliphatic carbocycles. The Morgan fingerprint density at radius 2 is 2.05 bits per heavy atom. The Morgan fingerprint density at radius 3 is 2.52 bits per heavy atom. The molecule has 0 bridgehead atoms. The SMILES string of the molecule is CCn1cc(CN(C)C(=O)c2nn(C)c(C)c2Br)c(C)n1. The van der Waals surface area contributed by atoms with Crippen molar-refractivity contribution in [2.24, 2.45) is 7.05 Å². The summed E-state index contributed by atoms with van der Waals surface area (Å²) in [6, 6.07) is 0. The highest BCUT2D eigenvalue weighted by molar-refractivity contribution is 9.10. The highest BCUT2D eigenvalue weighted by atomic mass is 79.9. The van der Waals surface area contributed by atoms with Gasteiger partial charge >= 0.3 is 0 Å². The molecule has 21 heavy (non-hydrogen) atoms. The quantitative estimate of drug-likeness (QED) is 0.847. The van der Waals surface area contributed by atoms with Crippen molar-refractivity contribution in [1.82, 2.24) is 24.5 Å². The van der Waals surface area contributed by atoms with E-state index in [2.05, 4.69) is 26.1 Å². The Kier molecular flexibility index (Phi) is 4.51. The van der Waals surface area contributed by atoms with Crippen LogP contribution < -0.4 is 0 Å². The van der Waals surface area contributed by atoms with Crippen LogP contribution in [0.1, 0.15) is 34.4 Å². The van der Waals surface area contributed by atoms with Gasteiger partial charge in [0.15, 0.2) is 5.69 Å². The molecule has 2 heterocycles. The molecule has 0 aliphatic heterocycles. The average Bonchev–Trinajstić information content (AvgIpc) is 2.93. The van der Waals surface area contributed by atoms with Crippen LogP contribution in [0.2, 0.25) is 0 Å². The van der Waals surface area contributed by atoms with Crippen LogP contribution in [0.15, 0.2) is 10.7 Å². The second-order valence-electron chi connectivity index (χ2n) is 5.13. The first-order valence-corrected chi connectivity index (χ1v) is 7.61. The maximum absolute atomic E-state index is 12.5. The van der Waals surface area contributed by atoms with Gasteiger partial charge < -0.3 is 4.90 Å². The topological polar surface area (TPSA) is 56.0 Å². The predicted octanol–water partition coefficient (Wildman–Crippen LogP) is 2.29. The summed E-state index contributed by atoms with van der Waals surface area (Å²) in [6.45, 7) is 7.26. The number of rotatable bonds is 4. The zero-order valence-electron chi connectivity index (χ0n) is 13.0. The predicted molar refractivity (Wildman–Crippen MR) is 84.1 cm³/mol. The molecule has 2 aromatic heterocycles. The van der Waals surface area contributed by atoms with Crippen molar-refractivity contribution in [2.45, 2.75) is 33.9 Å². The first kappa shape index (κ1) is 15.8. The number of nitrogens with zero attached hydrogens (tertiary/aromatic N) is 5. The number of carbonyl (C=O) groups excluding carboxylic acids is 1. The van der Waals surface area contributed by atoms with Gasteiger partial charge in [0.2, 0.25) is 0 Å². The van der Waals surface area contributed by atoms with Crippen molar-refractivity contribution in [3.05, 3.63) is 33.3 Å². The van der Waals surface area contributed by atoms with Crippen LogP contribution in [0, 0.1) is 13.8 Å². The van der Waals surface area contributed by atoms with Crippen LogP contribution in [-0.2, 0) is 20.1 Å². The van der Waals surface area contributed by atoms with Gasteiger partial charge in [0.25, 0.3) is 5.91 Å². The van der Waals surface area contributed by atoms with Gasteiger partial charge in [-0.1, -0.05) is 0 Å². The zero-order valence-corrected chi connectivity index (χ0v) is 14.6. The molecule has 0 saturated heterocycles. The average molecular weight is 354 g/mol. The van der Waals surface area contributed by atoms with Crippen molar-refractivity contribution in [2.75, 3.05) is 7.05 Å². The second-order valence-corrected chi connectivity index (χ2v) is 5.92. The highest BCUT2D eigenvalue weighted by Crippen LogP contribution is 2.22. The summed E-state index contributed by atoms with van der Waals surface area (Å²) in [5, 5.41) is 8.67. The standard InChI is InChI=1S/C14H20BrN5O/c1-6-20-8-11(9(2)16-20)7-18(4)14(21)13-12(15)10(3)19(5)17-13/h8H,6-7H2,1-5H3. The Hall–Kier alpha value is -1.63. The molecule has 0 aromatic carbocycles. The minimum absolute atomic E-state index is 0.103. The van der Waals surface area contributed by atoms with Crippen LogP contribution in [0.3, 0.4) is 0 Å². The Morgan fingerprint density at radius 1 is 1.38 bits per heavy atom. The summed E-state index contributed by atoms with van der Waals surface area (Å²) in [5.41, 5.74) is 3.38. The molecule has 0 atom stereocenters. The van der Waals surface area contributed by atoms with Crippen molar-refractivity contribution >= 4 is 21.8 Å². The van der Waals surface area contributed by atoms with Crippen LogP contribution in [0.25, 0.3) is 0 Å². The Bertz CT molecular complexity index is 673. The van der Waals surface area contributed by atoms with Crippen molar-refractivity contribution in [3.63, 3.8) is 0 Å². The molecule has 0 radical (unpaired) electrons. The fourth-order valence-corrected chi connectivity index (χ4v) is 2.61. The molecule has 2 rings (SSSR count). The van der Waals surface area contributed by atoms with Crippen LogP contribution in [-0.4, -0.2) is 37.4 Å². The first-order valence-electron chi connectivity index (χ1n) is 6.82. The molecule has 0 saturated carbocycles. The summed E-state index contributed by atoms with van der Waals surface area (Å²) in [7, 11) is 3.60. The summed E-state index contributed by atoms with van der Waals surface area (Å²) in [6.07, 6.45) is 1.98. The van der Waals surface area contributed by atoms with E-state index in [0.717, 1.165) is 28.0 Å². The number of hydrogen-bond acceptors (Lipinski definition) is 3. The van der Waals surface area contributed by atoms with Gasteiger partial charge in [-0.15, -0.1) is 0 Å². The third-order valence-corrected chi connectivity index (χ3v) is 4.54. The summed E-state index contributed by atoms with van der Waals surface area (Å²) in [4.78, 5) is 14.2. The van der Waals surface area contributed by atoms with E-state index in [1.807, 2.05) is 38.7 Å². The lowest BCUT2D eigenvalue weighted by molar-refractivity contribution is 0.0777. The monoisotopic (exact) mass is 353 g/mol. The van der Waals surface area contributed by atoms with Gasteiger partial charge in [-0.05, 0) is 36.7 Å². The van der Waals surface area contributed by atoms with Gasteiger partial charge in [0.1, 0.15) is 0 Å². The number of amides is 1. The van der Waals surface area contributed by atoms with Gasteiger partial charge in [-0.2, -0.15) is 10.2 Å². The lowest BCUT2D eigenvalue weighted by Crippen LogP contribution is -2.27. The van der Waals surface area contributed by atoms with E-state index in [1.54, 1.807) is 16.6 Å². The van der Waals surface area contributed by atoms with Gasteiger partial charge in [-0.3, -0.25) is 14.2 Å². The van der Waals surface area contributed by atoms with E-state index in [9.17, 15) is 4.79 Å². The molecule has 0 unspecified atom stereocenters. The zero-order chi connectivity index (χ0) is 15.7. The van der Waals surface area contributed by atoms with Crippen LogP contribution in [0.4, 0.5) is 0 Å². The van der Waals surface area contributed by atoms with Crippen molar-refractivity contribution < 1.29 is 4.79 Å². The van der Waals surface area contributed by atoms with E-state index in [-0.39, 0.29) is 5.91 Å². The van der Waals surface area contributed by atoms with Crippen LogP contribution >= 0.6 is 15.9 Å². The molecule has 0 aliphatic rings. The number of aromatic nitrogens is 4. The number of aryl methyl sites for hydroxylation is 3. The lowest BCUT2D eigenvalue weighted by Gasteiger charge is -2.15. The molecule has 0 fully saturated rings. The largest absolute Gasteiger partial charge is 0.336 e. The third-order valence-electron chi connectivity index (χ3n) is 3.59. The number of halogens is 1. The van der Waals surface area contributed by atoms with E-state index in [4.69, 9.17) is 0 Å². The van der Waals surface area contributed by atoms with Gasteiger partial charge in [0.05, 0.1) is 15.9 Å². The van der Waals surface area contributed by atoms with E-state index in [0.29, 0.717) is 12.2 Å². The fraction of sp³-hybridized carbons (Fsp3) is 0.500. The van der Waals surface area contributed by atoms with E-state index < -0.39 is 0 Å². The molecule has 2 aromatic rings. The Balaban J connectivity index is 2.19. The maximum atomic E-state index is 12.5. The molecular weight excluding hydrogens is 334 g/mol. The second kappa shape index (κ2) is 6.01. The molecular formula is C14H20BrN5O. The molecule has 0 N–H and O–H groups in total. The van der Waals surface area contributed by atoms with Crippen molar-refractivity contribution in [1.29, 1.82) is 0 Å². The molecule has 7 heteroatoms. The molecule has 6 nitrogen and oxygen atoms in total. The van der Waals surface area contributed by atoms with Gasteiger partial charge in [0, 0.05) is 38.9 Å². The van der Waals surface area contributed by atoms with Crippen molar-refractivity contribution in [3.8, 4) is 0 Å². The molecule has 114 valence electrons. The summed E-state index contributed by atoms with van der Waals surface area (Å²) >= 11 is 3.44. The Labute approximate surface area is 132 Å². The first-order chi connectivity index (χ1) is 9.85. The number of hydrogen-bond donors (Lipinski definition) is 0. The number of carbonyl (C=O) groups is 1. The molecule has 1 amide bonds.